The van der Waals surface area contributed by atoms with E-state index in [9.17, 15) is 9.59 Å². The molecule has 2 aromatic carbocycles. The zero-order valence-electron chi connectivity index (χ0n) is 14.6. The van der Waals surface area contributed by atoms with Crippen molar-refractivity contribution < 1.29 is 19.1 Å². The number of amides is 2. The molecule has 0 radical (unpaired) electrons. The Morgan fingerprint density at radius 2 is 1.80 bits per heavy atom. The molecule has 2 amide bonds. The van der Waals surface area contributed by atoms with Crippen molar-refractivity contribution >= 4 is 22.8 Å². The summed E-state index contributed by atoms with van der Waals surface area (Å²) in [5.74, 6) is 0.518. The van der Waals surface area contributed by atoms with Crippen molar-refractivity contribution in [1.29, 1.82) is 0 Å². The number of ether oxygens (including phenoxy) is 2. The van der Waals surface area contributed by atoms with Gasteiger partial charge in [-0.25, -0.2) is 4.79 Å². The molecule has 0 spiro atoms. The van der Waals surface area contributed by atoms with Crippen LogP contribution >= 0.6 is 0 Å². The number of rotatable bonds is 8. The third-order valence-corrected chi connectivity index (χ3v) is 3.96. The maximum Gasteiger partial charge on any atom is 0.315 e. The predicted octanol–water partition coefficient (Wildman–Crippen LogP) is 2.99. The lowest BCUT2D eigenvalue weighted by Crippen LogP contribution is -2.35. The predicted molar refractivity (Wildman–Crippen MR) is 96.6 cm³/mol. The highest BCUT2D eigenvalue weighted by atomic mass is 16.5. The Labute approximate surface area is 147 Å². The maximum atomic E-state index is 12.0. The van der Waals surface area contributed by atoms with E-state index >= 15 is 0 Å². The largest absolute Gasteiger partial charge is 0.496 e. The molecule has 0 saturated heterocycles. The highest BCUT2D eigenvalue weighted by Crippen LogP contribution is 2.27. The molecule has 0 aliphatic carbocycles. The fourth-order valence-electron chi connectivity index (χ4n) is 2.62. The van der Waals surface area contributed by atoms with Gasteiger partial charge in [0.15, 0.2) is 0 Å². The van der Waals surface area contributed by atoms with Crippen LogP contribution < -0.4 is 15.4 Å². The van der Waals surface area contributed by atoms with E-state index in [4.69, 9.17) is 4.74 Å². The van der Waals surface area contributed by atoms with Gasteiger partial charge in [-0.05, 0) is 29.7 Å². The number of carbonyl (C=O) groups is 2. The Kier molecular flexibility index (Phi) is 7.07. The van der Waals surface area contributed by atoms with E-state index in [1.807, 2.05) is 36.4 Å². The molecular formula is C19H24N2O4. The van der Waals surface area contributed by atoms with E-state index in [2.05, 4.69) is 15.4 Å². The number of hydrogen-bond donors (Lipinski definition) is 2. The summed E-state index contributed by atoms with van der Waals surface area (Å²) < 4.78 is 9.99. The summed E-state index contributed by atoms with van der Waals surface area (Å²) >= 11 is 0. The van der Waals surface area contributed by atoms with Crippen LogP contribution in [0.3, 0.4) is 0 Å². The minimum Gasteiger partial charge on any atom is -0.496 e. The first-order valence-electron chi connectivity index (χ1n) is 8.29. The van der Waals surface area contributed by atoms with Gasteiger partial charge in [0.1, 0.15) is 5.75 Å². The van der Waals surface area contributed by atoms with Crippen LogP contribution in [0.25, 0.3) is 10.8 Å². The molecule has 0 unspecified atom stereocenters. The lowest BCUT2D eigenvalue weighted by atomic mass is 10.0. The summed E-state index contributed by atoms with van der Waals surface area (Å²) in [6.45, 7) is 0.883. The molecule has 0 heterocycles. The summed E-state index contributed by atoms with van der Waals surface area (Å²) in [6, 6.07) is 11.6. The molecule has 0 aromatic heterocycles. The second kappa shape index (κ2) is 9.52. The Bertz CT molecular complexity index is 730. The van der Waals surface area contributed by atoms with Gasteiger partial charge < -0.3 is 20.1 Å². The lowest BCUT2D eigenvalue weighted by Gasteiger charge is -2.13. The number of nitrogens with one attached hydrogen (secondary N) is 2. The van der Waals surface area contributed by atoms with Crippen molar-refractivity contribution in [3.05, 3.63) is 42.0 Å². The number of esters is 1. The van der Waals surface area contributed by atoms with E-state index in [1.54, 1.807) is 7.11 Å². The topological polar surface area (TPSA) is 76.7 Å². The highest BCUT2D eigenvalue weighted by molar-refractivity contribution is 5.88. The van der Waals surface area contributed by atoms with Gasteiger partial charge in [0, 0.05) is 25.1 Å². The van der Waals surface area contributed by atoms with Crippen LogP contribution in [0.2, 0.25) is 0 Å². The number of urea groups is 1. The van der Waals surface area contributed by atoms with Crippen LogP contribution in [0, 0.1) is 0 Å². The van der Waals surface area contributed by atoms with Gasteiger partial charge in [-0.2, -0.15) is 0 Å². The van der Waals surface area contributed by atoms with E-state index in [0.717, 1.165) is 28.5 Å². The first-order chi connectivity index (χ1) is 12.2. The average molecular weight is 344 g/mol. The minimum absolute atomic E-state index is 0.229. The molecule has 25 heavy (non-hydrogen) atoms. The van der Waals surface area contributed by atoms with E-state index in [1.165, 1.54) is 7.11 Å². The van der Waals surface area contributed by atoms with E-state index in [0.29, 0.717) is 25.9 Å². The van der Waals surface area contributed by atoms with E-state index in [-0.39, 0.29) is 12.0 Å². The fraction of sp³-hybridized carbons (Fsp3) is 0.368. The van der Waals surface area contributed by atoms with Crippen molar-refractivity contribution in [2.45, 2.75) is 25.8 Å². The van der Waals surface area contributed by atoms with Gasteiger partial charge in [0.05, 0.1) is 14.2 Å². The molecule has 0 bridgehead atoms. The minimum atomic E-state index is -0.243. The van der Waals surface area contributed by atoms with Crippen LogP contribution in [0.1, 0.15) is 24.8 Å². The zero-order chi connectivity index (χ0) is 18.1. The normalized spacial score (nSPS) is 10.3. The maximum absolute atomic E-state index is 12.0. The van der Waals surface area contributed by atoms with Crippen molar-refractivity contribution in [3.63, 3.8) is 0 Å². The van der Waals surface area contributed by atoms with Crippen molar-refractivity contribution in [2.24, 2.45) is 0 Å². The zero-order valence-corrected chi connectivity index (χ0v) is 14.6. The van der Waals surface area contributed by atoms with Crippen molar-refractivity contribution in [1.82, 2.24) is 10.6 Å². The highest BCUT2D eigenvalue weighted by Gasteiger charge is 2.09. The first kappa shape index (κ1) is 18.6. The average Bonchev–Trinajstić information content (AvgIpc) is 2.65. The summed E-state index contributed by atoms with van der Waals surface area (Å²) in [7, 11) is 2.99. The smallest absolute Gasteiger partial charge is 0.315 e. The number of fused-ring (bicyclic) bond motifs is 1. The molecule has 0 aliphatic heterocycles. The molecule has 0 atom stereocenters. The molecule has 2 aromatic rings. The molecule has 2 rings (SSSR count). The number of unbranched alkanes of at least 4 members (excludes halogenated alkanes) is 1. The Hall–Kier alpha value is -2.76. The third kappa shape index (κ3) is 5.38. The van der Waals surface area contributed by atoms with Gasteiger partial charge in [-0.1, -0.05) is 30.3 Å². The Balaban J connectivity index is 1.85. The molecule has 0 aliphatic rings. The first-order valence-corrected chi connectivity index (χ1v) is 8.29. The van der Waals surface area contributed by atoms with E-state index < -0.39 is 0 Å². The molecule has 6 nitrogen and oxygen atoms in total. The van der Waals surface area contributed by atoms with Crippen LogP contribution in [0.15, 0.2) is 36.4 Å². The monoisotopic (exact) mass is 344 g/mol. The molecule has 0 fully saturated rings. The van der Waals surface area contributed by atoms with Crippen LogP contribution in [-0.2, 0) is 16.1 Å². The Morgan fingerprint density at radius 1 is 1.00 bits per heavy atom. The van der Waals surface area contributed by atoms with Gasteiger partial charge in [-0.15, -0.1) is 0 Å². The third-order valence-electron chi connectivity index (χ3n) is 3.96. The molecular weight excluding hydrogens is 320 g/mol. The molecule has 6 heteroatoms. The van der Waals surface area contributed by atoms with Gasteiger partial charge in [-0.3, -0.25) is 4.79 Å². The SMILES string of the molecule is COC(=O)CCCCNC(=O)NCc1c(OC)ccc2ccccc12. The van der Waals surface area contributed by atoms with Gasteiger partial charge in [0.2, 0.25) is 0 Å². The van der Waals surface area contributed by atoms with Crippen molar-refractivity contribution in [3.8, 4) is 5.75 Å². The van der Waals surface area contributed by atoms with Crippen LogP contribution in [0.4, 0.5) is 4.79 Å². The summed E-state index contributed by atoms with van der Waals surface area (Å²) in [6.07, 6.45) is 1.78. The lowest BCUT2D eigenvalue weighted by molar-refractivity contribution is -0.140. The molecule has 0 saturated carbocycles. The van der Waals surface area contributed by atoms with Gasteiger partial charge >= 0.3 is 12.0 Å². The number of hydrogen-bond acceptors (Lipinski definition) is 4. The van der Waals surface area contributed by atoms with Crippen molar-refractivity contribution in [2.75, 3.05) is 20.8 Å². The standard InChI is InChI=1S/C19H24N2O4/c1-24-17-11-10-14-7-3-4-8-15(14)16(17)13-21-19(23)20-12-6-5-9-18(22)25-2/h3-4,7-8,10-11H,5-6,9,12-13H2,1-2H3,(H2,20,21,23). The molecule has 134 valence electrons. The van der Waals surface area contributed by atoms with Crippen LogP contribution in [-0.4, -0.2) is 32.8 Å². The summed E-state index contributed by atoms with van der Waals surface area (Å²) in [5.41, 5.74) is 0.946. The number of benzene rings is 2. The number of carbonyl (C=O) groups excluding carboxylic acids is 2. The summed E-state index contributed by atoms with van der Waals surface area (Å²) in [4.78, 5) is 23.0. The van der Waals surface area contributed by atoms with Crippen LogP contribution in [0.5, 0.6) is 5.75 Å². The second-order valence-corrected chi connectivity index (χ2v) is 5.61. The Morgan fingerprint density at radius 3 is 2.56 bits per heavy atom. The summed E-state index contributed by atoms with van der Waals surface area (Å²) in [5, 5.41) is 7.80. The fourth-order valence-corrected chi connectivity index (χ4v) is 2.62. The van der Waals surface area contributed by atoms with Gasteiger partial charge in [0.25, 0.3) is 0 Å². The molecule has 2 N–H and O–H groups in total. The quantitative estimate of drug-likeness (QED) is 0.570. The number of methoxy groups -OCH3 is 2. The second-order valence-electron chi connectivity index (χ2n) is 5.61.